The third-order valence-corrected chi connectivity index (χ3v) is 3.53. The Hall–Kier alpha value is -0.760. The Labute approximate surface area is 110 Å². The number of aryl methyl sites for hydroxylation is 1. The van der Waals surface area contributed by atoms with E-state index in [1.54, 1.807) is 16.8 Å². The maximum atomic E-state index is 12.6. The molecule has 0 aliphatic rings. The van der Waals surface area contributed by atoms with Crippen LogP contribution in [-0.4, -0.2) is 25.4 Å². The molecule has 0 saturated carbocycles. The maximum absolute atomic E-state index is 12.6. The van der Waals surface area contributed by atoms with Gasteiger partial charge in [0.25, 0.3) is 0 Å². The van der Waals surface area contributed by atoms with Crippen LogP contribution in [0.2, 0.25) is 0 Å². The van der Waals surface area contributed by atoms with E-state index in [0.717, 1.165) is 12.6 Å². The number of hydrogen-bond donors (Lipinski definition) is 1. The molecular weight excluding hydrogens is 292 g/mol. The van der Waals surface area contributed by atoms with E-state index in [-0.39, 0.29) is 12.8 Å². The minimum Gasteiger partial charge on any atom is -0.316 e. The van der Waals surface area contributed by atoms with E-state index in [2.05, 4.69) is 5.32 Å². The first-order valence-electron chi connectivity index (χ1n) is 5.48. The molecular formula is C11H13F6NS. The highest BCUT2D eigenvalue weighted by molar-refractivity contribution is 7.07. The molecule has 8 heteroatoms. The van der Waals surface area contributed by atoms with Gasteiger partial charge in [-0.2, -0.15) is 37.7 Å². The zero-order valence-corrected chi connectivity index (χ0v) is 10.8. The second-order valence-corrected chi connectivity index (χ2v) is 4.91. The minimum absolute atomic E-state index is 0.178. The summed E-state index contributed by atoms with van der Waals surface area (Å²) in [7, 11) is 1.11. The fraction of sp³-hybridized carbons (Fsp3) is 0.636. The quantitative estimate of drug-likeness (QED) is 0.811. The van der Waals surface area contributed by atoms with Crippen LogP contribution in [0.3, 0.4) is 0 Å². The highest BCUT2D eigenvalue weighted by Crippen LogP contribution is 2.42. The first-order chi connectivity index (χ1) is 8.66. The van der Waals surface area contributed by atoms with Crippen LogP contribution < -0.4 is 5.32 Å². The number of thiophene rings is 1. The van der Waals surface area contributed by atoms with E-state index in [1.807, 2.05) is 0 Å². The van der Waals surface area contributed by atoms with E-state index in [0.29, 0.717) is 0 Å². The fourth-order valence-electron chi connectivity index (χ4n) is 1.88. The number of hydrogen-bond acceptors (Lipinski definition) is 2. The molecule has 0 saturated heterocycles. The monoisotopic (exact) mass is 305 g/mol. The van der Waals surface area contributed by atoms with E-state index in [1.165, 1.54) is 11.3 Å². The summed E-state index contributed by atoms with van der Waals surface area (Å²) in [4.78, 5) is 0. The van der Waals surface area contributed by atoms with Crippen molar-refractivity contribution in [2.75, 3.05) is 7.05 Å². The number of rotatable bonds is 5. The molecule has 1 nitrogen and oxygen atoms in total. The predicted octanol–water partition coefficient (Wildman–Crippen LogP) is 4.01. The van der Waals surface area contributed by atoms with Gasteiger partial charge in [-0.05, 0) is 42.3 Å². The Morgan fingerprint density at radius 3 is 2.11 bits per heavy atom. The van der Waals surface area contributed by atoms with Crippen molar-refractivity contribution in [3.63, 3.8) is 0 Å². The van der Waals surface area contributed by atoms with Gasteiger partial charge < -0.3 is 5.32 Å². The molecule has 1 N–H and O–H groups in total. The van der Waals surface area contributed by atoms with Crippen LogP contribution >= 0.6 is 11.3 Å². The molecule has 0 fully saturated rings. The van der Waals surface area contributed by atoms with Gasteiger partial charge in [0.15, 0.2) is 5.92 Å². The molecule has 110 valence electrons. The Morgan fingerprint density at radius 1 is 1.16 bits per heavy atom. The lowest BCUT2D eigenvalue weighted by atomic mass is 9.93. The van der Waals surface area contributed by atoms with Gasteiger partial charge >= 0.3 is 12.4 Å². The summed E-state index contributed by atoms with van der Waals surface area (Å²) < 4.78 is 75.4. The van der Waals surface area contributed by atoms with Gasteiger partial charge in [-0.25, -0.2) is 0 Å². The number of alkyl halides is 6. The normalized spacial score (nSPS) is 14.9. The third kappa shape index (κ3) is 4.68. The van der Waals surface area contributed by atoms with Crippen molar-refractivity contribution in [3.05, 3.63) is 22.4 Å². The summed E-state index contributed by atoms with van der Waals surface area (Å²) in [5.74, 6) is -3.34. The second kappa shape index (κ2) is 6.13. The molecule has 0 bridgehead atoms. The zero-order chi connectivity index (χ0) is 14.7. The molecule has 19 heavy (non-hydrogen) atoms. The van der Waals surface area contributed by atoms with Crippen molar-refractivity contribution >= 4 is 11.3 Å². The average Bonchev–Trinajstić information content (AvgIpc) is 2.72. The highest BCUT2D eigenvalue weighted by Gasteiger charge is 2.59. The van der Waals surface area contributed by atoms with Crippen molar-refractivity contribution in [3.8, 4) is 0 Å². The standard InChI is InChI=1S/C11H13F6NS/c1-18-8(3-2-7-4-5-19-6-7)9(10(12,13)14)11(15,16)17/h4-6,8-9,18H,2-3H2,1H3. The van der Waals surface area contributed by atoms with Crippen molar-refractivity contribution in [2.24, 2.45) is 5.92 Å². The number of halogens is 6. The van der Waals surface area contributed by atoms with Crippen molar-refractivity contribution < 1.29 is 26.3 Å². The fourth-order valence-corrected chi connectivity index (χ4v) is 2.58. The van der Waals surface area contributed by atoms with Gasteiger partial charge in [0.05, 0.1) is 0 Å². The third-order valence-electron chi connectivity index (χ3n) is 2.80. The topological polar surface area (TPSA) is 12.0 Å². The summed E-state index contributed by atoms with van der Waals surface area (Å²) >= 11 is 1.35. The zero-order valence-electron chi connectivity index (χ0n) is 9.98. The van der Waals surface area contributed by atoms with Crippen LogP contribution in [0.1, 0.15) is 12.0 Å². The first kappa shape index (κ1) is 16.3. The van der Waals surface area contributed by atoms with Crippen LogP contribution in [0.25, 0.3) is 0 Å². The van der Waals surface area contributed by atoms with Crippen LogP contribution in [-0.2, 0) is 6.42 Å². The first-order valence-corrected chi connectivity index (χ1v) is 6.42. The molecule has 0 aliphatic heterocycles. The van der Waals surface area contributed by atoms with Gasteiger partial charge in [-0.3, -0.25) is 0 Å². The summed E-state index contributed by atoms with van der Waals surface area (Å²) in [6.07, 6.45) is -10.7. The van der Waals surface area contributed by atoms with Gasteiger partial charge in [0.2, 0.25) is 0 Å². The van der Waals surface area contributed by atoms with Crippen LogP contribution in [0.4, 0.5) is 26.3 Å². The molecule has 0 amide bonds. The van der Waals surface area contributed by atoms with E-state index in [9.17, 15) is 26.3 Å². The largest absolute Gasteiger partial charge is 0.401 e. The van der Waals surface area contributed by atoms with E-state index >= 15 is 0 Å². The SMILES string of the molecule is CNC(CCc1ccsc1)C(C(F)(F)F)C(F)(F)F. The molecule has 1 rings (SSSR count). The van der Waals surface area contributed by atoms with E-state index < -0.39 is 24.3 Å². The smallest absolute Gasteiger partial charge is 0.316 e. The Balaban J connectivity index is 2.79. The highest BCUT2D eigenvalue weighted by atomic mass is 32.1. The lowest BCUT2D eigenvalue weighted by Gasteiger charge is -2.30. The molecule has 0 aliphatic carbocycles. The van der Waals surface area contributed by atoms with Crippen molar-refractivity contribution in [1.29, 1.82) is 0 Å². The van der Waals surface area contributed by atoms with Gasteiger partial charge in [-0.15, -0.1) is 0 Å². The van der Waals surface area contributed by atoms with Crippen LogP contribution in [0.15, 0.2) is 16.8 Å². The maximum Gasteiger partial charge on any atom is 0.401 e. The van der Waals surface area contributed by atoms with Crippen molar-refractivity contribution in [1.82, 2.24) is 5.32 Å². The Kier molecular flexibility index (Phi) is 5.26. The summed E-state index contributed by atoms with van der Waals surface area (Å²) in [5, 5.41) is 5.58. The molecule has 1 heterocycles. The van der Waals surface area contributed by atoms with Gasteiger partial charge in [0.1, 0.15) is 0 Å². The molecule has 0 spiro atoms. The van der Waals surface area contributed by atoms with E-state index in [4.69, 9.17) is 0 Å². The van der Waals surface area contributed by atoms with Gasteiger partial charge in [0, 0.05) is 6.04 Å². The molecule has 1 aromatic rings. The lowest BCUT2D eigenvalue weighted by molar-refractivity contribution is -0.291. The van der Waals surface area contributed by atoms with Crippen molar-refractivity contribution in [2.45, 2.75) is 31.2 Å². The minimum atomic E-state index is -5.30. The number of nitrogens with one attached hydrogen (secondary N) is 1. The summed E-state index contributed by atoms with van der Waals surface area (Å²) in [5.41, 5.74) is 0.744. The summed E-state index contributed by atoms with van der Waals surface area (Å²) in [6, 6.07) is 0.00742. The molecule has 0 radical (unpaired) electrons. The molecule has 1 aromatic heterocycles. The average molecular weight is 305 g/mol. The lowest BCUT2D eigenvalue weighted by Crippen LogP contribution is -2.50. The van der Waals surface area contributed by atoms with Crippen LogP contribution in [0.5, 0.6) is 0 Å². The molecule has 0 aromatic carbocycles. The predicted molar refractivity (Wildman–Crippen MR) is 61.1 cm³/mol. The summed E-state index contributed by atoms with van der Waals surface area (Å²) in [6.45, 7) is 0. The molecule has 1 atom stereocenters. The molecule has 1 unspecified atom stereocenters. The second-order valence-electron chi connectivity index (χ2n) is 4.13. The van der Waals surface area contributed by atoms with Crippen LogP contribution in [0, 0.1) is 5.92 Å². The Morgan fingerprint density at radius 2 is 1.74 bits per heavy atom. The Bertz CT molecular complexity index is 356. The van der Waals surface area contributed by atoms with Gasteiger partial charge in [-0.1, -0.05) is 0 Å².